The van der Waals surface area contributed by atoms with Crippen LogP contribution in [-0.2, 0) is 0 Å². The van der Waals surface area contributed by atoms with Crippen LogP contribution in [0, 0.1) is 17.9 Å². The number of ether oxygens (including phenoxy) is 6. The zero-order valence-corrected chi connectivity index (χ0v) is 32.1. The molecule has 0 bridgehead atoms. The molecule has 0 atom stereocenters. The lowest BCUT2D eigenvalue weighted by molar-refractivity contribution is 0.324. The Morgan fingerprint density at radius 3 is 1.35 bits per heavy atom. The topological polar surface area (TPSA) is 109 Å². The zero-order chi connectivity index (χ0) is 38.5. The summed E-state index contributed by atoms with van der Waals surface area (Å²) >= 11 is 3.07. The molecule has 0 aliphatic rings. The summed E-state index contributed by atoms with van der Waals surface area (Å²) in [5.74, 6) is 3.11. The van der Waals surface area contributed by atoms with Crippen LogP contribution in [0.2, 0.25) is 0 Å². The SMILES string of the molecule is COc1cc(/C(=C\C#N)c2csc(-c3ccccc3)n2)cc(OC)c1OC.[C-]#[N+]/C=C(/c1cc(OC)c(OC)c(OC)c1)c1csc(-c2ccccc2)n1. The van der Waals surface area contributed by atoms with Gasteiger partial charge in [-0.15, -0.1) is 22.7 Å². The number of nitrogens with zero attached hydrogens (tertiary/aromatic N) is 4. The summed E-state index contributed by atoms with van der Waals surface area (Å²) in [7, 11) is 9.36. The van der Waals surface area contributed by atoms with Crippen molar-refractivity contribution in [2.45, 2.75) is 0 Å². The molecule has 0 aliphatic carbocycles. The summed E-state index contributed by atoms with van der Waals surface area (Å²) in [5, 5.41) is 15.0. The fourth-order valence-corrected chi connectivity index (χ4v) is 7.07. The van der Waals surface area contributed by atoms with Gasteiger partial charge in [0.2, 0.25) is 11.5 Å². The maximum Gasteiger partial charge on any atom is 0.203 e. The van der Waals surface area contributed by atoms with E-state index in [-0.39, 0.29) is 0 Å². The van der Waals surface area contributed by atoms with Crippen molar-refractivity contribution in [1.29, 1.82) is 5.26 Å². The molecule has 10 nitrogen and oxygen atoms in total. The van der Waals surface area contributed by atoms with E-state index >= 15 is 0 Å². The summed E-state index contributed by atoms with van der Waals surface area (Å²) in [5.41, 5.74) is 6.44. The second-order valence-corrected chi connectivity index (χ2v) is 12.7. The molecule has 6 rings (SSSR count). The lowest BCUT2D eigenvalue weighted by Crippen LogP contribution is -1.98. The van der Waals surface area contributed by atoms with Gasteiger partial charge in [0.25, 0.3) is 0 Å². The van der Waals surface area contributed by atoms with Crippen LogP contribution < -0.4 is 28.4 Å². The lowest BCUT2D eigenvalue weighted by Gasteiger charge is -2.15. The highest BCUT2D eigenvalue weighted by molar-refractivity contribution is 7.13. The number of hydrogen-bond donors (Lipinski definition) is 0. The summed E-state index contributed by atoms with van der Waals surface area (Å²) in [6.45, 7) is 7.32. The predicted molar refractivity (Wildman–Crippen MR) is 214 cm³/mol. The Hall–Kier alpha value is -6.60. The minimum atomic E-state index is 0.503. The minimum absolute atomic E-state index is 0.503. The zero-order valence-electron chi connectivity index (χ0n) is 30.4. The first-order valence-corrected chi connectivity index (χ1v) is 18.0. The molecule has 0 unspecified atom stereocenters. The maximum absolute atomic E-state index is 9.30. The summed E-state index contributed by atoms with van der Waals surface area (Å²) in [4.78, 5) is 12.9. The number of methoxy groups -OCH3 is 6. The van der Waals surface area contributed by atoms with Gasteiger partial charge in [-0.2, -0.15) is 5.26 Å². The van der Waals surface area contributed by atoms with Gasteiger partial charge >= 0.3 is 0 Å². The molecule has 2 aromatic heterocycles. The Balaban J connectivity index is 0.000000208. The van der Waals surface area contributed by atoms with Crippen LogP contribution in [0.5, 0.6) is 34.5 Å². The van der Waals surface area contributed by atoms with E-state index < -0.39 is 0 Å². The van der Waals surface area contributed by atoms with Gasteiger partial charge in [0.15, 0.2) is 29.2 Å². The van der Waals surface area contributed by atoms with Gasteiger partial charge in [-0.05, 0) is 35.4 Å². The average molecular weight is 757 g/mol. The van der Waals surface area contributed by atoms with E-state index in [1.807, 2.05) is 95.7 Å². The summed E-state index contributed by atoms with van der Waals surface area (Å²) in [6, 6.07) is 29.3. The third kappa shape index (κ3) is 8.70. The van der Waals surface area contributed by atoms with E-state index in [0.29, 0.717) is 45.6 Å². The highest BCUT2D eigenvalue weighted by Crippen LogP contribution is 2.43. The van der Waals surface area contributed by atoms with Gasteiger partial charge in [-0.25, -0.2) is 14.8 Å². The Bertz CT molecular complexity index is 2120. The molecule has 0 N–H and O–H groups in total. The second-order valence-electron chi connectivity index (χ2n) is 11.0. The molecule has 6 aromatic rings. The molecule has 0 spiro atoms. The van der Waals surface area contributed by atoms with E-state index in [9.17, 15) is 5.26 Å². The van der Waals surface area contributed by atoms with Crippen molar-refractivity contribution in [1.82, 2.24) is 9.97 Å². The van der Waals surface area contributed by atoms with Crippen LogP contribution in [0.1, 0.15) is 22.5 Å². The third-order valence-corrected chi connectivity index (χ3v) is 9.74. The quantitative estimate of drug-likeness (QED) is 0.0890. The van der Waals surface area contributed by atoms with Crippen LogP contribution in [0.15, 0.2) is 108 Å². The van der Waals surface area contributed by atoms with Gasteiger partial charge in [0.05, 0.1) is 66.7 Å². The van der Waals surface area contributed by atoms with Crippen molar-refractivity contribution < 1.29 is 28.4 Å². The van der Waals surface area contributed by atoms with Gasteiger partial charge in [-0.1, -0.05) is 60.7 Å². The van der Waals surface area contributed by atoms with Gasteiger partial charge in [0, 0.05) is 39.1 Å². The number of thiazole rings is 2. The van der Waals surface area contributed by atoms with E-state index in [1.165, 1.54) is 34.9 Å². The number of hydrogen-bond acceptors (Lipinski definition) is 11. The Morgan fingerprint density at radius 2 is 1.00 bits per heavy atom. The molecule has 0 saturated heterocycles. The normalized spacial score (nSPS) is 11.0. The average Bonchev–Trinajstić information content (AvgIpc) is 3.93. The smallest absolute Gasteiger partial charge is 0.203 e. The molecule has 272 valence electrons. The van der Waals surface area contributed by atoms with Crippen LogP contribution in [0.3, 0.4) is 0 Å². The number of benzene rings is 4. The molecule has 4 aromatic carbocycles. The maximum atomic E-state index is 9.30. The largest absolute Gasteiger partial charge is 0.493 e. The highest BCUT2D eigenvalue weighted by atomic mass is 32.1. The van der Waals surface area contributed by atoms with Crippen molar-refractivity contribution in [2.24, 2.45) is 0 Å². The first kappa shape index (κ1) is 38.6. The molecule has 2 heterocycles. The molecule has 12 heteroatoms. The van der Waals surface area contributed by atoms with Crippen molar-refractivity contribution in [3.63, 3.8) is 0 Å². The van der Waals surface area contributed by atoms with E-state index in [1.54, 1.807) is 42.7 Å². The standard InChI is InChI=1S/2C21H18N2O3S/c1-22-12-16(15-10-18(24-2)20(26-4)19(11-15)25-3)17-13-27-21(23-17)14-8-6-5-7-9-14;1-24-18-11-15(12-19(25-2)20(18)26-3)16(9-10-22)17-13-27-21(23-17)14-7-5-4-6-8-14/h5-13H,2-4H3;4-9,11-13H,1-3H3/b16-12-;16-9+. The lowest BCUT2D eigenvalue weighted by atomic mass is 10.0. The fraction of sp³-hybridized carbons (Fsp3) is 0.143. The molecule has 0 fully saturated rings. The third-order valence-electron chi connectivity index (χ3n) is 7.96. The molecular weight excluding hydrogens is 721 g/mol. The molecule has 0 radical (unpaired) electrons. The Morgan fingerprint density at radius 1 is 0.611 bits per heavy atom. The molecule has 54 heavy (non-hydrogen) atoms. The van der Waals surface area contributed by atoms with E-state index in [2.05, 4.69) is 10.9 Å². The highest BCUT2D eigenvalue weighted by Gasteiger charge is 2.19. The van der Waals surface area contributed by atoms with E-state index in [4.69, 9.17) is 45.0 Å². The Labute approximate surface area is 322 Å². The van der Waals surface area contributed by atoms with Crippen LogP contribution in [0.25, 0.3) is 37.1 Å². The molecular formula is C42H36N4O6S2. The number of aromatic nitrogens is 2. The molecule has 0 amide bonds. The van der Waals surface area contributed by atoms with Gasteiger partial charge < -0.3 is 28.4 Å². The number of nitriles is 1. The number of rotatable bonds is 12. The van der Waals surface area contributed by atoms with Gasteiger partial charge in [-0.3, -0.25) is 0 Å². The number of allylic oxidation sites excluding steroid dienone is 1. The van der Waals surface area contributed by atoms with Crippen molar-refractivity contribution in [3.05, 3.63) is 142 Å². The van der Waals surface area contributed by atoms with Crippen LogP contribution >= 0.6 is 22.7 Å². The second kappa shape index (κ2) is 18.8. The monoisotopic (exact) mass is 756 g/mol. The first-order valence-electron chi connectivity index (χ1n) is 16.2. The van der Waals surface area contributed by atoms with Crippen molar-refractivity contribution in [3.8, 4) is 61.7 Å². The predicted octanol–water partition coefficient (Wildman–Crippen LogP) is 9.94. The van der Waals surface area contributed by atoms with Crippen LogP contribution in [-0.4, -0.2) is 52.6 Å². The van der Waals surface area contributed by atoms with E-state index in [0.717, 1.165) is 43.7 Å². The van der Waals surface area contributed by atoms with Crippen molar-refractivity contribution >= 4 is 33.8 Å². The van der Waals surface area contributed by atoms with Crippen molar-refractivity contribution in [2.75, 3.05) is 42.7 Å². The fourth-order valence-electron chi connectivity index (χ4n) is 5.42. The minimum Gasteiger partial charge on any atom is -0.493 e. The first-order chi connectivity index (χ1) is 26.4. The van der Waals surface area contributed by atoms with Gasteiger partial charge in [0.1, 0.15) is 10.0 Å². The summed E-state index contributed by atoms with van der Waals surface area (Å²) in [6.07, 6.45) is 2.94. The van der Waals surface area contributed by atoms with Crippen LogP contribution in [0.4, 0.5) is 0 Å². The Kier molecular flexibility index (Phi) is 13.4. The molecule has 0 saturated carbocycles. The summed E-state index contributed by atoms with van der Waals surface area (Å²) < 4.78 is 32.5. The molecule has 0 aliphatic heterocycles.